The van der Waals surface area contributed by atoms with Crippen LogP contribution in [0.1, 0.15) is 35.8 Å². The second kappa shape index (κ2) is 11.2. The minimum Gasteiger partial charge on any atom is -0.494 e. The summed E-state index contributed by atoms with van der Waals surface area (Å²) in [7, 11) is 1.55. The zero-order valence-corrected chi connectivity index (χ0v) is 19.7. The van der Waals surface area contributed by atoms with Gasteiger partial charge in [-0.05, 0) is 55.5 Å². The van der Waals surface area contributed by atoms with Crippen LogP contribution >= 0.6 is 0 Å². The molecule has 4 aromatic rings. The Balaban J connectivity index is 1.33. The van der Waals surface area contributed by atoms with E-state index in [0.717, 1.165) is 11.3 Å². The number of benzene rings is 2. The van der Waals surface area contributed by atoms with Gasteiger partial charge in [-0.25, -0.2) is 4.98 Å². The number of imidazole rings is 1. The zero-order chi connectivity index (χ0) is 24.6. The van der Waals surface area contributed by atoms with Gasteiger partial charge in [0, 0.05) is 42.6 Å². The van der Waals surface area contributed by atoms with E-state index < -0.39 is 0 Å². The number of carbonyl (C=O) groups is 2. The molecule has 1 N–H and O–H groups in total. The lowest BCUT2D eigenvalue weighted by atomic mass is 10.1. The first-order valence-electron chi connectivity index (χ1n) is 11.3. The molecule has 180 valence electrons. The molecule has 2 aromatic carbocycles. The van der Waals surface area contributed by atoms with Crippen molar-refractivity contribution in [1.29, 1.82) is 0 Å². The number of Topliss-reactive ketones (excluding diaryl/α,β-unsaturated/α-hetero) is 1. The summed E-state index contributed by atoms with van der Waals surface area (Å²) < 4.78 is 18.6. The van der Waals surface area contributed by atoms with Crippen LogP contribution in [0.25, 0.3) is 5.65 Å². The Bertz CT molecular complexity index is 1280. The van der Waals surface area contributed by atoms with Gasteiger partial charge in [0.1, 0.15) is 18.0 Å². The average Bonchev–Trinajstić information content (AvgIpc) is 3.30. The number of methoxy groups -OCH3 is 1. The van der Waals surface area contributed by atoms with Crippen LogP contribution in [-0.4, -0.2) is 34.8 Å². The highest BCUT2D eigenvalue weighted by Crippen LogP contribution is 2.31. The molecule has 0 saturated heterocycles. The van der Waals surface area contributed by atoms with Crippen molar-refractivity contribution in [3.63, 3.8) is 0 Å². The van der Waals surface area contributed by atoms with Crippen molar-refractivity contribution in [2.75, 3.05) is 19.0 Å². The number of anilines is 1. The molecule has 1 amide bonds. The van der Waals surface area contributed by atoms with E-state index in [0.29, 0.717) is 35.1 Å². The molecule has 0 bridgehead atoms. The van der Waals surface area contributed by atoms with Crippen molar-refractivity contribution in [1.82, 2.24) is 9.38 Å². The molecule has 2 aromatic heterocycles. The number of hydrogen-bond acceptors (Lipinski definition) is 6. The molecule has 35 heavy (non-hydrogen) atoms. The van der Waals surface area contributed by atoms with Crippen LogP contribution in [0.5, 0.6) is 17.2 Å². The summed E-state index contributed by atoms with van der Waals surface area (Å²) in [5.74, 6) is 1.36. The number of aromatic nitrogens is 2. The van der Waals surface area contributed by atoms with Crippen LogP contribution in [0.15, 0.2) is 73.1 Å². The quantitative estimate of drug-likeness (QED) is 0.311. The minimum absolute atomic E-state index is 0.0650. The molecule has 0 unspecified atom stereocenters. The number of hydrogen-bond donors (Lipinski definition) is 1. The molecule has 0 radical (unpaired) electrons. The van der Waals surface area contributed by atoms with Crippen LogP contribution < -0.4 is 19.5 Å². The first kappa shape index (κ1) is 23.8. The lowest BCUT2D eigenvalue weighted by Crippen LogP contribution is -2.13. The lowest BCUT2D eigenvalue weighted by Gasteiger charge is -2.12. The Labute approximate surface area is 203 Å². The molecule has 0 spiro atoms. The van der Waals surface area contributed by atoms with Gasteiger partial charge in [0.25, 0.3) is 0 Å². The molecule has 8 nitrogen and oxygen atoms in total. The summed E-state index contributed by atoms with van der Waals surface area (Å²) >= 11 is 0. The fourth-order valence-corrected chi connectivity index (χ4v) is 3.57. The van der Waals surface area contributed by atoms with E-state index in [4.69, 9.17) is 14.2 Å². The molecule has 8 heteroatoms. The molecule has 0 atom stereocenters. The Morgan fingerprint density at radius 3 is 2.54 bits per heavy atom. The number of nitrogens with one attached hydrogen (secondary N) is 1. The fraction of sp³-hybridized carbons (Fsp3) is 0.222. The van der Waals surface area contributed by atoms with Gasteiger partial charge >= 0.3 is 0 Å². The third-order valence-electron chi connectivity index (χ3n) is 5.30. The second-order valence-electron chi connectivity index (χ2n) is 7.78. The zero-order valence-electron chi connectivity index (χ0n) is 19.7. The van der Waals surface area contributed by atoms with Crippen LogP contribution in [0.3, 0.4) is 0 Å². The maximum atomic E-state index is 12.5. The summed E-state index contributed by atoms with van der Waals surface area (Å²) in [6.07, 6.45) is 3.99. The molecular weight excluding hydrogens is 446 g/mol. The Kier molecular flexibility index (Phi) is 7.62. The van der Waals surface area contributed by atoms with Crippen LogP contribution in [0, 0.1) is 0 Å². The van der Waals surface area contributed by atoms with Gasteiger partial charge in [-0.1, -0.05) is 6.07 Å². The number of pyridine rings is 1. The van der Waals surface area contributed by atoms with Crippen molar-refractivity contribution in [3.8, 4) is 17.2 Å². The number of ether oxygens (including phenoxy) is 3. The standard InChI is InChI=1S/C27H27N3O5/c1-3-34-22-10-7-19(8-11-22)23(31)12-14-27(32)29-20-9-13-24(33-2)25(16-20)35-18-21-17-30-15-5-4-6-26(30)28-21/h4-11,13,15-17H,3,12,14,18H2,1-2H3,(H,29,32). The number of carbonyl (C=O) groups excluding carboxylic acids is 2. The molecular formula is C27H27N3O5. The normalized spacial score (nSPS) is 10.7. The second-order valence-corrected chi connectivity index (χ2v) is 7.78. The molecule has 0 saturated carbocycles. The molecule has 4 rings (SSSR count). The summed E-state index contributed by atoms with van der Waals surface area (Å²) in [6.45, 7) is 2.70. The van der Waals surface area contributed by atoms with Gasteiger partial charge in [-0.2, -0.15) is 0 Å². The van der Waals surface area contributed by atoms with Crippen molar-refractivity contribution in [2.24, 2.45) is 0 Å². The molecule has 0 aliphatic carbocycles. The van der Waals surface area contributed by atoms with Gasteiger partial charge < -0.3 is 23.9 Å². The first-order valence-corrected chi connectivity index (χ1v) is 11.3. The van der Waals surface area contributed by atoms with E-state index in [1.165, 1.54) is 0 Å². The maximum absolute atomic E-state index is 12.5. The largest absolute Gasteiger partial charge is 0.494 e. The highest BCUT2D eigenvalue weighted by atomic mass is 16.5. The monoisotopic (exact) mass is 473 g/mol. The smallest absolute Gasteiger partial charge is 0.224 e. The Morgan fingerprint density at radius 2 is 1.80 bits per heavy atom. The van der Waals surface area contributed by atoms with E-state index in [9.17, 15) is 9.59 Å². The van der Waals surface area contributed by atoms with E-state index >= 15 is 0 Å². The van der Waals surface area contributed by atoms with Gasteiger partial charge in [0.05, 0.1) is 19.4 Å². The number of rotatable bonds is 11. The average molecular weight is 474 g/mol. The van der Waals surface area contributed by atoms with Crippen molar-refractivity contribution in [2.45, 2.75) is 26.4 Å². The Hall–Kier alpha value is -4.33. The first-order chi connectivity index (χ1) is 17.1. The summed E-state index contributed by atoms with van der Waals surface area (Å²) in [5.41, 5.74) is 2.70. The number of amides is 1. The van der Waals surface area contributed by atoms with Crippen molar-refractivity contribution in [3.05, 3.63) is 84.3 Å². The molecule has 0 fully saturated rings. The van der Waals surface area contributed by atoms with E-state index in [-0.39, 0.29) is 31.1 Å². The Morgan fingerprint density at radius 1 is 0.971 bits per heavy atom. The van der Waals surface area contributed by atoms with Crippen molar-refractivity contribution < 1.29 is 23.8 Å². The van der Waals surface area contributed by atoms with Gasteiger partial charge in [0.15, 0.2) is 17.3 Å². The molecule has 0 aliphatic rings. The predicted octanol–water partition coefficient (Wildman–Crippen LogP) is 4.92. The highest BCUT2D eigenvalue weighted by Gasteiger charge is 2.12. The number of fused-ring (bicyclic) bond motifs is 1. The lowest BCUT2D eigenvalue weighted by molar-refractivity contribution is -0.116. The summed E-state index contributed by atoms with van der Waals surface area (Å²) in [6, 6.07) is 17.8. The molecule has 0 aliphatic heterocycles. The summed E-state index contributed by atoms with van der Waals surface area (Å²) in [4.78, 5) is 29.4. The van der Waals surface area contributed by atoms with Crippen molar-refractivity contribution >= 4 is 23.0 Å². The van der Waals surface area contributed by atoms with Crippen LogP contribution in [0.4, 0.5) is 5.69 Å². The third-order valence-corrected chi connectivity index (χ3v) is 5.30. The van der Waals surface area contributed by atoms with E-state index in [1.807, 2.05) is 41.9 Å². The number of nitrogens with zero attached hydrogens (tertiary/aromatic N) is 2. The molecule has 2 heterocycles. The van der Waals surface area contributed by atoms with E-state index in [2.05, 4.69) is 10.3 Å². The summed E-state index contributed by atoms with van der Waals surface area (Å²) in [5, 5.41) is 2.82. The van der Waals surface area contributed by atoms with Gasteiger partial charge in [-0.15, -0.1) is 0 Å². The predicted molar refractivity (Wildman–Crippen MR) is 132 cm³/mol. The topological polar surface area (TPSA) is 91.2 Å². The number of ketones is 1. The highest BCUT2D eigenvalue weighted by molar-refractivity contribution is 6.00. The fourth-order valence-electron chi connectivity index (χ4n) is 3.57. The maximum Gasteiger partial charge on any atom is 0.224 e. The van der Waals surface area contributed by atoms with E-state index in [1.54, 1.807) is 49.6 Å². The third kappa shape index (κ3) is 6.17. The van der Waals surface area contributed by atoms with Crippen LogP contribution in [-0.2, 0) is 11.4 Å². The van der Waals surface area contributed by atoms with Crippen LogP contribution in [0.2, 0.25) is 0 Å². The van der Waals surface area contributed by atoms with Gasteiger partial charge in [-0.3, -0.25) is 9.59 Å². The van der Waals surface area contributed by atoms with Gasteiger partial charge in [0.2, 0.25) is 5.91 Å². The SMILES string of the molecule is CCOc1ccc(C(=O)CCC(=O)Nc2ccc(OC)c(OCc3cn4ccccc4n3)c2)cc1. The minimum atomic E-state index is -0.263.